The SMILES string of the molecule is COCCC(NC(=O)C(Cc1c[nH]c2ccccc12)NC(=O)C(C)C)C(=O)O. The van der Waals surface area contributed by atoms with Crippen molar-refractivity contribution in [2.24, 2.45) is 5.92 Å². The van der Waals surface area contributed by atoms with Crippen LogP contribution in [0.3, 0.4) is 0 Å². The summed E-state index contributed by atoms with van der Waals surface area (Å²) in [6, 6.07) is 5.67. The number of hydrogen-bond acceptors (Lipinski definition) is 4. The molecule has 1 aromatic carbocycles. The maximum Gasteiger partial charge on any atom is 0.326 e. The Morgan fingerprint density at radius 1 is 1.11 bits per heavy atom. The summed E-state index contributed by atoms with van der Waals surface area (Å²) in [6.07, 6.45) is 2.17. The van der Waals surface area contributed by atoms with E-state index < -0.39 is 24.0 Å². The number of aromatic amines is 1. The summed E-state index contributed by atoms with van der Waals surface area (Å²) in [5.74, 6) is -2.26. The van der Waals surface area contributed by atoms with E-state index in [1.807, 2.05) is 24.3 Å². The van der Waals surface area contributed by atoms with Gasteiger partial charge in [-0.2, -0.15) is 0 Å². The minimum Gasteiger partial charge on any atom is -0.480 e. The van der Waals surface area contributed by atoms with Gasteiger partial charge in [-0.1, -0.05) is 32.0 Å². The maximum absolute atomic E-state index is 12.8. The molecule has 152 valence electrons. The van der Waals surface area contributed by atoms with Crippen LogP contribution in [0.4, 0.5) is 0 Å². The van der Waals surface area contributed by atoms with E-state index in [1.54, 1.807) is 20.0 Å². The van der Waals surface area contributed by atoms with Crippen LogP contribution in [0.1, 0.15) is 25.8 Å². The number of carbonyl (C=O) groups is 3. The van der Waals surface area contributed by atoms with Gasteiger partial charge in [0.1, 0.15) is 12.1 Å². The van der Waals surface area contributed by atoms with Gasteiger partial charge < -0.3 is 25.5 Å². The molecule has 0 spiro atoms. The Bertz CT molecular complexity index is 830. The molecule has 2 atom stereocenters. The number of carboxylic acid groups (broad SMARTS) is 1. The van der Waals surface area contributed by atoms with Crippen LogP contribution in [0.2, 0.25) is 0 Å². The molecule has 0 fully saturated rings. The van der Waals surface area contributed by atoms with Gasteiger partial charge in [-0.3, -0.25) is 9.59 Å². The fraction of sp³-hybridized carbons (Fsp3) is 0.450. The largest absolute Gasteiger partial charge is 0.480 e. The van der Waals surface area contributed by atoms with Crippen LogP contribution < -0.4 is 10.6 Å². The summed E-state index contributed by atoms with van der Waals surface area (Å²) >= 11 is 0. The summed E-state index contributed by atoms with van der Waals surface area (Å²) in [5.41, 5.74) is 1.79. The number of rotatable bonds is 10. The summed E-state index contributed by atoms with van der Waals surface area (Å²) in [6.45, 7) is 3.66. The Labute approximate surface area is 163 Å². The van der Waals surface area contributed by atoms with Gasteiger partial charge in [0, 0.05) is 49.6 Å². The van der Waals surface area contributed by atoms with Crippen LogP contribution in [0.5, 0.6) is 0 Å². The Balaban J connectivity index is 2.21. The number of para-hydroxylation sites is 1. The molecule has 2 aromatic rings. The lowest BCUT2D eigenvalue weighted by Gasteiger charge is -2.22. The van der Waals surface area contributed by atoms with E-state index in [0.717, 1.165) is 16.5 Å². The van der Waals surface area contributed by atoms with Crippen molar-refractivity contribution in [3.8, 4) is 0 Å². The zero-order chi connectivity index (χ0) is 20.7. The number of aliphatic carboxylic acids is 1. The number of benzene rings is 1. The van der Waals surface area contributed by atoms with E-state index in [4.69, 9.17) is 4.74 Å². The highest BCUT2D eigenvalue weighted by molar-refractivity contribution is 5.92. The molecule has 28 heavy (non-hydrogen) atoms. The Hall–Kier alpha value is -2.87. The Morgan fingerprint density at radius 3 is 2.43 bits per heavy atom. The second-order valence-corrected chi connectivity index (χ2v) is 6.96. The minimum atomic E-state index is -1.15. The fourth-order valence-corrected chi connectivity index (χ4v) is 2.83. The van der Waals surface area contributed by atoms with Crippen LogP contribution >= 0.6 is 0 Å². The van der Waals surface area contributed by atoms with Crippen molar-refractivity contribution < 1.29 is 24.2 Å². The van der Waals surface area contributed by atoms with E-state index in [0.29, 0.717) is 0 Å². The van der Waals surface area contributed by atoms with Crippen LogP contribution in [0.15, 0.2) is 30.5 Å². The average molecular weight is 389 g/mol. The molecule has 0 saturated carbocycles. The van der Waals surface area contributed by atoms with Crippen molar-refractivity contribution in [1.29, 1.82) is 0 Å². The number of aromatic nitrogens is 1. The van der Waals surface area contributed by atoms with Crippen LogP contribution in [-0.4, -0.2) is 53.7 Å². The van der Waals surface area contributed by atoms with Gasteiger partial charge in [0.05, 0.1) is 0 Å². The standard InChI is InChI=1S/C20H27N3O5/c1-12(2)18(24)23-17(19(25)22-16(20(26)27)8-9-28-3)10-13-11-21-15-7-5-4-6-14(13)15/h4-7,11-12,16-17,21H,8-10H2,1-3H3,(H,22,25)(H,23,24)(H,26,27). The smallest absolute Gasteiger partial charge is 0.326 e. The number of amides is 2. The zero-order valence-corrected chi connectivity index (χ0v) is 16.3. The first-order valence-corrected chi connectivity index (χ1v) is 9.21. The molecule has 1 heterocycles. The Morgan fingerprint density at radius 2 is 1.79 bits per heavy atom. The zero-order valence-electron chi connectivity index (χ0n) is 16.3. The first-order chi connectivity index (χ1) is 13.3. The van der Waals surface area contributed by atoms with Crippen molar-refractivity contribution in [2.75, 3.05) is 13.7 Å². The molecule has 0 bridgehead atoms. The Kier molecular flexibility index (Phi) is 7.57. The lowest BCUT2D eigenvalue weighted by atomic mass is 10.0. The second kappa shape index (κ2) is 9.89. The van der Waals surface area contributed by atoms with Crippen molar-refractivity contribution in [3.05, 3.63) is 36.0 Å². The van der Waals surface area contributed by atoms with Crippen molar-refractivity contribution in [1.82, 2.24) is 15.6 Å². The summed E-state index contributed by atoms with van der Waals surface area (Å²) in [5, 5.41) is 15.5. The van der Waals surface area contributed by atoms with Gasteiger partial charge >= 0.3 is 5.97 Å². The molecule has 0 aliphatic rings. The predicted octanol–water partition coefficient (Wildman–Crippen LogP) is 1.46. The van der Waals surface area contributed by atoms with E-state index in [9.17, 15) is 19.5 Å². The van der Waals surface area contributed by atoms with Gasteiger partial charge in [-0.15, -0.1) is 0 Å². The van der Waals surface area contributed by atoms with Crippen molar-refractivity contribution >= 4 is 28.7 Å². The van der Waals surface area contributed by atoms with Crippen LogP contribution in [0, 0.1) is 5.92 Å². The number of fused-ring (bicyclic) bond motifs is 1. The minimum absolute atomic E-state index is 0.134. The van der Waals surface area contributed by atoms with E-state index in [-0.39, 0.29) is 31.3 Å². The van der Waals surface area contributed by atoms with Gasteiger partial charge in [0.15, 0.2) is 0 Å². The molecular formula is C20H27N3O5. The monoisotopic (exact) mass is 389 g/mol. The summed E-state index contributed by atoms with van der Waals surface area (Å²) in [7, 11) is 1.46. The number of H-pyrrole nitrogens is 1. The number of nitrogens with one attached hydrogen (secondary N) is 3. The molecule has 4 N–H and O–H groups in total. The normalized spacial score (nSPS) is 13.3. The fourth-order valence-electron chi connectivity index (χ4n) is 2.83. The molecule has 8 heteroatoms. The first kappa shape index (κ1) is 21.4. The highest BCUT2D eigenvalue weighted by Gasteiger charge is 2.27. The molecule has 0 saturated heterocycles. The third-order valence-electron chi connectivity index (χ3n) is 4.48. The summed E-state index contributed by atoms with van der Waals surface area (Å²) < 4.78 is 4.91. The molecule has 1 aromatic heterocycles. The molecule has 2 rings (SSSR count). The number of carbonyl (C=O) groups excluding carboxylic acids is 2. The maximum atomic E-state index is 12.8. The summed E-state index contributed by atoms with van der Waals surface area (Å²) in [4.78, 5) is 39.6. The van der Waals surface area contributed by atoms with Crippen molar-refractivity contribution in [2.45, 2.75) is 38.8 Å². The first-order valence-electron chi connectivity index (χ1n) is 9.21. The molecule has 2 amide bonds. The van der Waals surface area contributed by atoms with Gasteiger partial charge in [-0.25, -0.2) is 4.79 Å². The number of hydrogen-bond donors (Lipinski definition) is 4. The molecule has 0 radical (unpaired) electrons. The van der Waals surface area contributed by atoms with Crippen LogP contribution in [0.25, 0.3) is 10.9 Å². The van der Waals surface area contributed by atoms with E-state index in [1.165, 1.54) is 7.11 Å². The highest BCUT2D eigenvalue weighted by Crippen LogP contribution is 2.19. The van der Waals surface area contributed by atoms with Gasteiger partial charge in [0.2, 0.25) is 11.8 Å². The lowest BCUT2D eigenvalue weighted by molar-refractivity contribution is -0.142. The topological polar surface area (TPSA) is 121 Å². The van der Waals surface area contributed by atoms with E-state index >= 15 is 0 Å². The lowest BCUT2D eigenvalue weighted by Crippen LogP contribution is -2.53. The quantitative estimate of drug-likeness (QED) is 0.490. The predicted molar refractivity (Wildman–Crippen MR) is 105 cm³/mol. The number of methoxy groups -OCH3 is 1. The third kappa shape index (κ3) is 5.56. The van der Waals surface area contributed by atoms with Gasteiger partial charge in [-0.05, 0) is 11.6 Å². The van der Waals surface area contributed by atoms with Crippen molar-refractivity contribution in [3.63, 3.8) is 0 Å². The molecular weight excluding hydrogens is 362 g/mol. The average Bonchev–Trinajstić information content (AvgIpc) is 3.07. The third-order valence-corrected chi connectivity index (χ3v) is 4.48. The molecule has 0 aliphatic carbocycles. The van der Waals surface area contributed by atoms with Crippen LogP contribution in [-0.2, 0) is 25.5 Å². The number of carboxylic acids is 1. The van der Waals surface area contributed by atoms with E-state index in [2.05, 4.69) is 15.6 Å². The highest BCUT2D eigenvalue weighted by atomic mass is 16.5. The molecule has 2 unspecified atom stereocenters. The second-order valence-electron chi connectivity index (χ2n) is 6.96. The molecule has 8 nitrogen and oxygen atoms in total. The number of ether oxygens (including phenoxy) is 1. The van der Waals surface area contributed by atoms with Gasteiger partial charge in [0.25, 0.3) is 0 Å². The molecule has 0 aliphatic heterocycles.